The summed E-state index contributed by atoms with van der Waals surface area (Å²) in [6.45, 7) is 6.42. The first kappa shape index (κ1) is 28.5. The Balaban J connectivity index is 0.00000784. The molecule has 160 valence electrons. The summed E-state index contributed by atoms with van der Waals surface area (Å²) in [5, 5.41) is 0. The molecule has 0 radical (unpaired) electrons. The molecule has 0 spiro atoms. The number of rotatable bonds is 18. The van der Waals surface area contributed by atoms with Gasteiger partial charge >= 0.3 is 29.6 Å². The van der Waals surface area contributed by atoms with Crippen LogP contribution in [0, 0.1) is 0 Å². The minimum absolute atomic E-state index is 0. The van der Waals surface area contributed by atoms with Gasteiger partial charge in [-0.05, 0) is 31.2 Å². The zero-order valence-electron chi connectivity index (χ0n) is 17.3. The minimum Gasteiger partial charge on any atom is -0.748 e. The first-order valence-corrected chi connectivity index (χ1v) is 11.1. The van der Waals surface area contributed by atoms with E-state index in [1.165, 1.54) is 6.26 Å². The van der Waals surface area contributed by atoms with E-state index in [0.29, 0.717) is 52.5 Å². The Morgan fingerprint density at radius 1 is 0.931 bits per heavy atom. The summed E-state index contributed by atoms with van der Waals surface area (Å²) in [7, 11) is -4.14. The summed E-state index contributed by atoms with van der Waals surface area (Å²) in [4.78, 5) is 0. The second-order valence-corrected chi connectivity index (χ2v) is 7.69. The fourth-order valence-corrected chi connectivity index (χ4v) is 2.96. The molecule has 0 N–H and O–H groups in total. The molecule has 0 bridgehead atoms. The number of unbranched alkanes of at least 4 members (excludes halogenated alkanes) is 2. The zero-order valence-corrected chi connectivity index (χ0v) is 20.1. The summed E-state index contributed by atoms with van der Waals surface area (Å²) in [5.41, 5.74) is 1.04. The normalized spacial score (nSPS) is 12.2. The maximum atomic E-state index is 10.5. The Hall–Kier alpha value is -0.450. The third kappa shape index (κ3) is 17.0. The molecule has 0 aliphatic heterocycles. The van der Waals surface area contributed by atoms with E-state index < -0.39 is 10.1 Å². The molecule has 1 aromatic rings. The molecule has 0 saturated heterocycles. The fraction of sp³-hybridized carbons (Fsp3) is 0.600. The van der Waals surface area contributed by atoms with E-state index in [-0.39, 0.29) is 41.4 Å². The van der Waals surface area contributed by atoms with E-state index >= 15 is 0 Å². The molecule has 0 aliphatic carbocycles. The topological polar surface area (TPSA) is 94.1 Å². The molecule has 1 rings (SSSR count). The molecule has 1 unspecified atom stereocenters. The molecule has 0 fully saturated rings. The molecule has 9 heteroatoms. The molecule has 0 heterocycles. The summed E-state index contributed by atoms with van der Waals surface area (Å²) >= 11 is 0. The van der Waals surface area contributed by atoms with Crippen LogP contribution in [-0.4, -0.2) is 58.4 Å². The molecule has 0 amide bonds. The molecule has 29 heavy (non-hydrogen) atoms. The number of hydrogen-bond donors (Lipinski definition) is 0. The number of ether oxygens (including phenoxy) is 4. The van der Waals surface area contributed by atoms with Gasteiger partial charge in [-0.1, -0.05) is 36.9 Å². The van der Waals surface area contributed by atoms with Gasteiger partial charge in [0.25, 0.3) is 0 Å². The summed E-state index contributed by atoms with van der Waals surface area (Å²) in [5.74, 6) is -0.347. The smallest absolute Gasteiger partial charge is 0.748 e. The predicted octanol–water partition coefficient (Wildman–Crippen LogP) is 0.0472. The van der Waals surface area contributed by atoms with Crippen LogP contribution < -0.4 is 29.6 Å². The van der Waals surface area contributed by atoms with Crippen molar-refractivity contribution in [2.45, 2.75) is 31.8 Å². The summed E-state index contributed by atoms with van der Waals surface area (Å²) < 4.78 is 53.7. The Morgan fingerprint density at radius 3 is 2.28 bits per heavy atom. The van der Waals surface area contributed by atoms with Gasteiger partial charge in [-0.15, -0.1) is 0 Å². The van der Waals surface area contributed by atoms with E-state index in [1.54, 1.807) is 0 Å². The maximum Gasteiger partial charge on any atom is 1.00 e. The second kappa shape index (κ2) is 18.3. The molecule has 1 atom stereocenters. The quantitative estimate of drug-likeness (QED) is 0.138. The van der Waals surface area contributed by atoms with E-state index in [0.717, 1.165) is 18.4 Å². The van der Waals surface area contributed by atoms with Crippen molar-refractivity contribution in [3.63, 3.8) is 0 Å². The molecule has 0 aromatic heterocycles. The maximum absolute atomic E-state index is 10.5. The van der Waals surface area contributed by atoms with Gasteiger partial charge in [0, 0.05) is 19.0 Å². The third-order valence-corrected chi connectivity index (χ3v) is 4.63. The second-order valence-electron chi connectivity index (χ2n) is 6.17. The number of hydrogen-bond acceptors (Lipinski definition) is 7. The first-order chi connectivity index (χ1) is 13.5. The van der Waals surface area contributed by atoms with Crippen LogP contribution in [0.3, 0.4) is 0 Å². The standard InChI is InChI=1S/C20H32O7S.Na/c1-2-24-12-6-7-14-26-18-20(19-10-4-3-5-11-19)27-16-15-25-13-8-9-17-28(21,22)23;/h2-5,10-11,20H,1,6-9,12-18H2,(H,21,22,23);/q;+1/p-1. The Morgan fingerprint density at radius 2 is 1.59 bits per heavy atom. The predicted molar refractivity (Wildman–Crippen MR) is 106 cm³/mol. The molecular formula is C20H31NaO7S. The first-order valence-electron chi connectivity index (χ1n) is 9.51. The van der Waals surface area contributed by atoms with Crippen molar-refractivity contribution in [2.24, 2.45) is 0 Å². The SMILES string of the molecule is C=COCCCCOCC(OCCOCCCCS(=O)(=O)[O-])c1ccccc1.[Na+]. The van der Waals surface area contributed by atoms with Crippen molar-refractivity contribution in [3.8, 4) is 0 Å². The molecular weight excluding hydrogens is 407 g/mol. The molecule has 1 aromatic carbocycles. The van der Waals surface area contributed by atoms with Gasteiger partial charge in [-0.25, -0.2) is 8.42 Å². The van der Waals surface area contributed by atoms with Gasteiger partial charge in [0.15, 0.2) is 0 Å². The molecule has 0 aliphatic rings. The van der Waals surface area contributed by atoms with Crippen molar-refractivity contribution in [3.05, 3.63) is 48.7 Å². The summed E-state index contributed by atoms with van der Waals surface area (Å²) in [6, 6.07) is 9.86. The van der Waals surface area contributed by atoms with Crippen molar-refractivity contribution in [1.29, 1.82) is 0 Å². The van der Waals surface area contributed by atoms with E-state index in [1.807, 2.05) is 30.3 Å². The van der Waals surface area contributed by atoms with Crippen molar-refractivity contribution in [1.82, 2.24) is 0 Å². The van der Waals surface area contributed by atoms with E-state index in [4.69, 9.17) is 18.9 Å². The number of benzene rings is 1. The van der Waals surface area contributed by atoms with Gasteiger partial charge in [-0.3, -0.25) is 0 Å². The average Bonchev–Trinajstić information content (AvgIpc) is 2.67. The van der Waals surface area contributed by atoms with Gasteiger partial charge in [0.2, 0.25) is 0 Å². The van der Waals surface area contributed by atoms with Gasteiger partial charge in [0.05, 0.1) is 42.8 Å². The zero-order chi connectivity index (χ0) is 20.5. The van der Waals surface area contributed by atoms with E-state index in [9.17, 15) is 13.0 Å². The van der Waals surface area contributed by atoms with Crippen molar-refractivity contribution >= 4 is 10.1 Å². The van der Waals surface area contributed by atoms with Crippen molar-refractivity contribution in [2.75, 3.05) is 45.4 Å². The fourth-order valence-electron chi connectivity index (χ4n) is 2.41. The van der Waals surface area contributed by atoms with Crippen LogP contribution in [0.25, 0.3) is 0 Å². The van der Waals surface area contributed by atoms with Crippen LogP contribution >= 0.6 is 0 Å². The Bertz CT molecular complexity index is 611. The molecule has 0 saturated carbocycles. The average molecular weight is 439 g/mol. The largest absolute Gasteiger partial charge is 1.00 e. The van der Waals surface area contributed by atoms with Gasteiger partial charge in [0.1, 0.15) is 6.10 Å². The van der Waals surface area contributed by atoms with Gasteiger partial charge < -0.3 is 23.5 Å². The minimum atomic E-state index is -4.14. The van der Waals surface area contributed by atoms with Crippen LogP contribution in [0.1, 0.15) is 37.4 Å². The Kier molecular flexibility index (Phi) is 18.0. The van der Waals surface area contributed by atoms with Crippen molar-refractivity contribution < 1.29 is 61.5 Å². The summed E-state index contributed by atoms with van der Waals surface area (Å²) in [6.07, 6.45) is 3.91. The van der Waals surface area contributed by atoms with Crippen LogP contribution in [0.4, 0.5) is 0 Å². The Labute approximate surface area is 196 Å². The van der Waals surface area contributed by atoms with Crippen LogP contribution in [0.5, 0.6) is 0 Å². The van der Waals surface area contributed by atoms with Crippen LogP contribution in [-0.2, 0) is 29.1 Å². The molecule has 7 nitrogen and oxygen atoms in total. The van der Waals surface area contributed by atoms with Gasteiger partial charge in [-0.2, -0.15) is 0 Å². The van der Waals surface area contributed by atoms with Crippen LogP contribution in [0.15, 0.2) is 43.2 Å². The third-order valence-electron chi connectivity index (χ3n) is 3.84. The van der Waals surface area contributed by atoms with Crippen LogP contribution in [0.2, 0.25) is 0 Å². The monoisotopic (exact) mass is 438 g/mol. The van der Waals surface area contributed by atoms with E-state index in [2.05, 4.69) is 6.58 Å².